The molecule has 0 atom stereocenters. The summed E-state index contributed by atoms with van der Waals surface area (Å²) in [6.45, 7) is 1.28. The van der Waals surface area contributed by atoms with Crippen LogP contribution in [0.3, 0.4) is 0 Å². The molecule has 4 heteroatoms. The first-order chi connectivity index (χ1) is 12.8. The third-order valence-electron chi connectivity index (χ3n) is 4.51. The zero-order chi connectivity index (χ0) is 17.8. The molecule has 0 unspecified atom stereocenters. The molecule has 3 aromatic carbocycles. The second kappa shape index (κ2) is 7.40. The Labute approximate surface area is 151 Å². The Morgan fingerprint density at radius 3 is 2.62 bits per heavy atom. The topological polar surface area (TPSA) is 44.1 Å². The first-order valence-electron chi connectivity index (χ1n) is 8.87. The minimum absolute atomic E-state index is 0.0195. The summed E-state index contributed by atoms with van der Waals surface area (Å²) in [4.78, 5) is 16.8. The molecule has 0 radical (unpaired) electrons. The normalized spacial score (nSPS) is 11.1. The molecular formula is C22H20N2O2. The number of hydrogen-bond donors (Lipinski definition) is 0. The Hall–Kier alpha value is -3.14. The molecular weight excluding hydrogens is 324 g/mol. The standard InChI is InChI=1S/C22H20N2O2/c25-22-20-9-3-4-10-21(20)23-16-24(22)13-5-6-14-26-19-12-11-17-7-1-2-8-18(17)15-19/h1-4,7-12,15-16H,5-6,13-14H2. The average Bonchev–Trinajstić information content (AvgIpc) is 2.69. The molecule has 0 saturated carbocycles. The second-order valence-electron chi connectivity index (χ2n) is 6.32. The second-order valence-corrected chi connectivity index (χ2v) is 6.32. The fourth-order valence-corrected chi connectivity index (χ4v) is 3.10. The number of benzene rings is 3. The molecule has 0 fully saturated rings. The summed E-state index contributed by atoms with van der Waals surface area (Å²) in [6.07, 6.45) is 3.38. The van der Waals surface area contributed by atoms with Crippen molar-refractivity contribution >= 4 is 21.7 Å². The van der Waals surface area contributed by atoms with Crippen LogP contribution in [-0.2, 0) is 6.54 Å². The van der Waals surface area contributed by atoms with E-state index in [1.54, 1.807) is 10.9 Å². The lowest BCUT2D eigenvalue weighted by Gasteiger charge is -2.09. The van der Waals surface area contributed by atoms with Gasteiger partial charge in [0.1, 0.15) is 5.75 Å². The van der Waals surface area contributed by atoms with E-state index < -0.39 is 0 Å². The molecule has 26 heavy (non-hydrogen) atoms. The number of para-hydroxylation sites is 1. The van der Waals surface area contributed by atoms with Crippen molar-refractivity contribution in [1.82, 2.24) is 9.55 Å². The Balaban J connectivity index is 1.32. The van der Waals surface area contributed by atoms with Crippen LogP contribution in [0, 0.1) is 0 Å². The summed E-state index contributed by atoms with van der Waals surface area (Å²) >= 11 is 0. The number of hydrogen-bond acceptors (Lipinski definition) is 3. The van der Waals surface area contributed by atoms with Gasteiger partial charge in [-0.2, -0.15) is 0 Å². The maximum Gasteiger partial charge on any atom is 0.261 e. The number of aryl methyl sites for hydroxylation is 1. The van der Waals surface area contributed by atoms with Gasteiger partial charge in [0.25, 0.3) is 5.56 Å². The lowest BCUT2D eigenvalue weighted by Crippen LogP contribution is -2.20. The van der Waals surface area contributed by atoms with Crippen molar-refractivity contribution in [2.75, 3.05) is 6.61 Å². The summed E-state index contributed by atoms with van der Waals surface area (Å²) < 4.78 is 7.53. The van der Waals surface area contributed by atoms with Gasteiger partial charge in [-0.25, -0.2) is 4.98 Å². The number of fused-ring (bicyclic) bond motifs is 2. The fourth-order valence-electron chi connectivity index (χ4n) is 3.10. The summed E-state index contributed by atoms with van der Waals surface area (Å²) in [7, 11) is 0. The van der Waals surface area contributed by atoms with Crippen LogP contribution in [0.4, 0.5) is 0 Å². The van der Waals surface area contributed by atoms with Crippen LogP contribution < -0.4 is 10.3 Å². The number of ether oxygens (including phenoxy) is 1. The van der Waals surface area contributed by atoms with Gasteiger partial charge in [-0.15, -0.1) is 0 Å². The van der Waals surface area contributed by atoms with Gasteiger partial charge in [-0.3, -0.25) is 9.36 Å². The predicted molar refractivity (Wildman–Crippen MR) is 105 cm³/mol. The zero-order valence-electron chi connectivity index (χ0n) is 14.5. The first-order valence-corrected chi connectivity index (χ1v) is 8.87. The first kappa shape index (κ1) is 16.3. The minimum atomic E-state index is 0.0195. The number of unbranched alkanes of at least 4 members (excludes halogenated alkanes) is 1. The van der Waals surface area contributed by atoms with Crippen molar-refractivity contribution in [2.24, 2.45) is 0 Å². The van der Waals surface area contributed by atoms with Crippen molar-refractivity contribution in [2.45, 2.75) is 19.4 Å². The van der Waals surface area contributed by atoms with Gasteiger partial charge in [-0.1, -0.05) is 42.5 Å². The molecule has 4 rings (SSSR count). The lowest BCUT2D eigenvalue weighted by atomic mass is 10.1. The summed E-state index contributed by atoms with van der Waals surface area (Å²) in [5.74, 6) is 0.883. The van der Waals surface area contributed by atoms with E-state index in [0.717, 1.165) is 24.1 Å². The molecule has 1 aromatic heterocycles. The summed E-state index contributed by atoms with van der Waals surface area (Å²) in [5, 5.41) is 3.06. The molecule has 0 bridgehead atoms. The Morgan fingerprint density at radius 1 is 0.885 bits per heavy atom. The van der Waals surface area contributed by atoms with Crippen LogP contribution in [-0.4, -0.2) is 16.2 Å². The maximum atomic E-state index is 12.4. The minimum Gasteiger partial charge on any atom is -0.494 e. The van der Waals surface area contributed by atoms with Gasteiger partial charge >= 0.3 is 0 Å². The van der Waals surface area contributed by atoms with E-state index in [9.17, 15) is 4.79 Å². The summed E-state index contributed by atoms with van der Waals surface area (Å²) in [5.41, 5.74) is 0.763. The molecule has 1 heterocycles. The summed E-state index contributed by atoms with van der Waals surface area (Å²) in [6, 6.07) is 21.8. The van der Waals surface area contributed by atoms with Crippen molar-refractivity contribution in [3.05, 3.63) is 83.4 Å². The van der Waals surface area contributed by atoms with E-state index in [1.807, 2.05) is 42.5 Å². The van der Waals surface area contributed by atoms with Gasteiger partial charge in [-0.05, 0) is 47.9 Å². The van der Waals surface area contributed by atoms with Crippen LogP contribution in [0.15, 0.2) is 77.9 Å². The van der Waals surface area contributed by atoms with E-state index in [4.69, 9.17) is 4.74 Å². The van der Waals surface area contributed by atoms with E-state index in [-0.39, 0.29) is 5.56 Å². The quantitative estimate of drug-likeness (QED) is 0.487. The van der Waals surface area contributed by atoms with E-state index >= 15 is 0 Å². The molecule has 0 amide bonds. The Morgan fingerprint density at radius 2 is 1.69 bits per heavy atom. The molecule has 4 nitrogen and oxygen atoms in total. The van der Waals surface area contributed by atoms with Gasteiger partial charge in [0.15, 0.2) is 0 Å². The maximum absolute atomic E-state index is 12.4. The highest BCUT2D eigenvalue weighted by Crippen LogP contribution is 2.20. The molecule has 0 N–H and O–H groups in total. The van der Waals surface area contributed by atoms with Crippen LogP contribution >= 0.6 is 0 Å². The van der Waals surface area contributed by atoms with Crippen LogP contribution in [0.1, 0.15) is 12.8 Å². The van der Waals surface area contributed by atoms with E-state index in [2.05, 4.69) is 29.2 Å². The highest BCUT2D eigenvalue weighted by Gasteiger charge is 2.03. The molecule has 130 valence electrons. The number of aromatic nitrogens is 2. The monoisotopic (exact) mass is 344 g/mol. The Bertz CT molecular complexity index is 1100. The number of rotatable bonds is 6. The SMILES string of the molecule is O=c1c2ccccc2ncn1CCCCOc1ccc2ccccc2c1. The molecule has 0 aliphatic heterocycles. The molecule has 0 aliphatic carbocycles. The van der Waals surface area contributed by atoms with Gasteiger partial charge in [0, 0.05) is 6.54 Å². The molecule has 4 aromatic rings. The van der Waals surface area contributed by atoms with Crippen LogP contribution in [0.25, 0.3) is 21.7 Å². The smallest absolute Gasteiger partial charge is 0.261 e. The van der Waals surface area contributed by atoms with Crippen LogP contribution in [0.2, 0.25) is 0 Å². The van der Waals surface area contributed by atoms with Crippen molar-refractivity contribution in [3.63, 3.8) is 0 Å². The third-order valence-corrected chi connectivity index (χ3v) is 4.51. The van der Waals surface area contributed by atoms with E-state index in [0.29, 0.717) is 18.5 Å². The molecule has 0 spiro atoms. The van der Waals surface area contributed by atoms with Crippen molar-refractivity contribution in [1.29, 1.82) is 0 Å². The lowest BCUT2D eigenvalue weighted by molar-refractivity contribution is 0.303. The van der Waals surface area contributed by atoms with Crippen molar-refractivity contribution in [3.8, 4) is 5.75 Å². The average molecular weight is 344 g/mol. The van der Waals surface area contributed by atoms with Crippen LogP contribution in [0.5, 0.6) is 5.75 Å². The zero-order valence-corrected chi connectivity index (χ0v) is 14.5. The highest BCUT2D eigenvalue weighted by atomic mass is 16.5. The van der Waals surface area contributed by atoms with Gasteiger partial charge in [0.2, 0.25) is 0 Å². The van der Waals surface area contributed by atoms with E-state index in [1.165, 1.54) is 10.8 Å². The van der Waals surface area contributed by atoms with Gasteiger partial charge < -0.3 is 4.74 Å². The van der Waals surface area contributed by atoms with Crippen molar-refractivity contribution < 1.29 is 4.74 Å². The predicted octanol–water partition coefficient (Wildman–Crippen LogP) is 4.41. The number of nitrogens with zero attached hydrogens (tertiary/aromatic N) is 2. The van der Waals surface area contributed by atoms with Gasteiger partial charge in [0.05, 0.1) is 23.8 Å². The third kappa shape index (κ3) is 3.45. The Kier molecular flexibility index (Phi) is 4.65. The molecule has 0 saturated heterocycles. The molecule has 0 aliphatic rings. The largest absolute Gasteiger partial charge is 0.494 e. The highest BCUT2D eigenvalue weighted by molar-refractivity contribution is 5.83. The fraction of sp³-hybridized carbons (Fsp3) is 0.182.